The van der Waals surface area contributed by atoms with Crippen molar-refractivity contribution in [1.29, 1.82) is 0 Å². The van der Waals surface area contributed by atoms with Crippen molar-refractivity contribution >= 4 is 6.01 Å². The highest BCUT2D eigenvalue weighted by Gasteiger charge is 2.20. The van der Waals surface area contributed by atoms with Gasteiger partial charge in [-0.25, -0.2) is 0 Å². The Morgan fingerprint density at radius 3 is 2.67 bits per heavy atom. The number of nitrogens with one attached hydrogen (secondary N) is 1. The Balaban J connectivity index is 1.81. The molecule has 1 fully saturated rings. The van der Waals surface area contributed by atoms with E-state index in [9.17, 15) is 0 Å². The fourth-order valence-electron chi connectivity index (χ4n) is 2.14. The molecular weight excluding hydrogens is 230 g/mol. The van der Waals surface area contributed by atoms with Crippen LogP contribution in [0.4, 0.5) is 6.01 Å². The molecule has 2 heterocycles. The standard InChI is InChI=1S/C12H23N5O/c1-3-4-5-16-6-8-17(9-7-16)12-15-14-11(18-12)10-13-2/h13H,3-10H2,1-2H3. The van der Waals surface area contributed by atoms with Crippen molar-refractivity contribution in [2.24, 2.45) is 0 Å². The molecule has 0 bridgehead atoms. The van der Waals surface area contributed by atoms with Crippen LogP contribution in [-0.4, -0.2) is 54.9 Å². The molecular formula is C12H23N5O. The topological polar surface area (TPSA) is 57.4 Å². The van der Waals surface area contributed by atoms with Gasteiger partial charge in [-0.15, -0.1) is 5.10 Å². The van der Waals surface area contributed by atoms with E-state index in [2.05, 4.69) is 32.2 Å². The molecule has 0 unspecified atom stereocenters. The Hall–Kier alpha value is -1.14. The molecule has 0 atom stereocenters. The van der Waals surface area contributed by atoms with Crippen molar-refractivity contribution in [2.75, 3.05) is 44.7 Å². The summed E-state index contributed by atoms with van der Waals surface area (Å²) in [5.41, 5.74) is 0. The van der Waals surface area contributed by atoms with Gasteiger partial charge in [0.25, 0.3) is 0 Å². The molecule has 0 saturated carbocycles. The summed E-state index contributed by atoms with van der Waals surface area (Å²) in [4.78, 5) is 4.68. The molecule has 1 N–H and O–H groups in total. The lowest BCUT2D eigenvalue weighted by Gasteiger charge is -2.33. The molecule has 0 aliphatic carbocycles. The summed E-state index contributed by atoms with van der Waals surface area (Å²) in [6.45, 7) is 8.20. The second-order valence-corrected chi connectivity index (χ2v) is 4.69. The molecule has 1 aliphatic heterocycles. The number of unbranched alkanes of at least 4 members (excludes halogenated alkanes) is 1. The number of anilines is 1. The van der Waals surface area contributed by atoms with Gasteiger partial charge in [-0.3, -0.25) is 4.90 Å². The Bertz CT molecular complexity index is 346. The summed E-state index contributed by atoms with van der Waals surface area (Å²) < 4.78 is 5.60. The van der Waals surface area contributed by atoms with Gasteiger partial charge in [-0.1, -0.05) is 18.4 Å². The number of piperazine rings is 1. The van der Waals surface area contributed by atoms with Crippen molar-refractivity contribution < 1.29 is 4.42 Å². The molecule has 0 amide bonds. The van der Waals surface area contributed by atoms with Crippen LogP contribution in [-0.2, 0) is 6.54 Å². The van der Waals surface area contributed by atoms with E-state index in [1.807, 2.05) is 7.05 Å². The van der Waals surface area contributed by atoms with Crippen LogP contribution in [0.5, 0.6) is 0 Å². The van der Waals surface area contributed by atoms with E-state index in [-0.39, 0.29) is 0 Å². The quantitative estimate of drug-likeness (QED) is 0.806. The minimum atomic E-state index is 0.628. The molecule has 102 valence electrons. The van der Waals surface area contributed by atoms with Crippen molar-refractivity contribution in [3.05, 3.63) is 5.89 Å². The SMILES string of the molecule is CCCCN1CCN(c2nnc(CNC)o2)CC1. The third-order valence-electron chi connectivity index (χ3n) is 3.25. The van der Waals surface area contributed by atoms with Crippen molar-refractivity contribution in [3.63, 3.8) is 0 Å². The predicted octanol–water partition coefficient (Wildman–Crippen LogP) is 0.711. The normalized spacial score (nSPS) is 17.3. The summed E-state index contributed by atoms with van der Waals surface area (Å²) in [6, 6.07) is 0.662. The number of hydrogen-bond acceptors (Lipinski definition) is 6. The second-order valence-electron chi connectivity index (χ2n) is 4.69. The lowest BCUT2D eigenvalue weighted by molar-refractivity contribution is 0.249. The zero-order valence-electron chi connectivity index (χ0n) is 11.4. The number of rotatable bonds is 6. The summed E-state index contributed by atoms with van der Waals surface area (Å²) in [5, 5.41) is 11.1. The average Bonchev–Trinajstić information content (AvgIpc) is 2.86. The highest BCUT2D eigenvalue weighted by Crippen LogP contribution is 2.14. The van der Waals surface area contributed by atoms with Crippen LogP contribution in [0.25, 0.3) is 0 Å². The van der Waals surface area contributed by atoms with Gasteiger partial charge in [0.2, 0.25) is 5.89 Å². The summed E-state index contributed by atoms with van der Waals surface area (Å²) in [5.74, 6) is 0.654. The first kappa shape index (κ1) is 13.3. The largest absolute Gasteiger partial charge is 0.407 e. The molecule has 18 heavy (non-hydrogen) atoms. The third kappa shape index (κ3) is 3.43. The van der Waals surface area contributed by atoms with Crippen LogP contribution in [0.15, 0.2) is 4.42 Å². The minimum absolute atomic E-state index is 0.628. The lowest BCUT2D eigenvalue weighted by Crippen LogP contribution is -2.46. The number of aromatic nitrogens is 2. The molecule has 1 aromatic heterocycles. The zero-order valence-corrected chi connectivity index (χ0v) is 11.4. The zero-order chi connectivity index (χ0) is 12.8. The summed E-state index contributed by atoms with van der Waals surface area (Å²) in [7, 11) is 1.87. The van der Waals surface area contributed by atoms with Crippen LogP contribution in [0.3, 0.4) is 0 Å². The molecule has 6 nitrogen and oxygen atoms in total. The maximum atomic E-state index is 5.60. The van der Waals surface area contributed by atoms with Crippen molar-refractivity contribution in [1.82, 2.24) is 20.4 Å². The second kappa shape index (κ2) is 6.70. The van der Waals surface area contributed by atoms with Crippen LogP contribution >= 0.6 is 0 Å². The van der Waals surface area contributed by atoms with Crippen LogP contribution in [0.2, 0.25) is 0 Å². The van der Waals surface area contributed by atoms with Gasteiger partial charge in [0.05, 0.1) is 6.54 Å². The van der Waals surface area contributed by atoms with Gasteiger partial charge < -0.3 is 14.6 Å². The molecule has 0 aromatic carbocycles. The van der Waals surface area contributed by atoms with Crippen LogP contribution in [0, 0.1) is 0 Å². The molecule has 0 radical (unpaired) electrons. The first-order chi connectivity index (χ1) is 8.83. The maximum absolute atomic E-state index is 5.60. The first-order valence-corrected chi connectivity index (χ1v) is 6.77. The molecule has 1 aromatic rings. The van der Waals surface area contributed by atoms with E-state index in [1.165, 1.54) is 19.4 Å². The Labute approximate surface area is 108 Å². The van der Waals surface area contributed by atoms with E-state index in [4.69, 9.17) is 4.42 Å². The molecule has 1 aliphatic rings. The number of nitrogens with zero attached hydrogens (tertiary/aromatic N) is 4. The Kier molecular flexibility index (Phi) is 4.95. The van der Waals surface area contributed by atoms with Crippen molar-refractivity contribution in [2.45, 2.75) is 26.3 Å². The van der Waals surface area contributed by atoms with Crippen LogP contribution < -0.4 is 10.2 Å². The lowest BCUT2D eigenvalue weighted by atomic mass is 10.2. The molecule has 2 rings (SSSR count). The monoisotopic (exact) mass is 253 g/mol. The van der Waals surface area contributed by atoms with Gasteiger partial charge in [-0.2, -0.15) is 0 Å². The predicted molar refractivity (Wildman–Crippen MR) is 70.6 cm³/mol. The fourth-order valence-corrected chi connectivity index (χ4v) is 2.14. The van der Waals surface area contributed by atoms with E-state index in [0.717, 1.165) is 26.2 Å². The van der Waals surface area contributed by atoms with Gasteiger partial charge in [-0.05, 0) is 20.0 Å². The molecule has 0 spiro atoms. The smallest absolute Gasteiger partial charge is 0.318 e. The number of hydrogen-bond donors (Lipinski definition) is 1. The van der Waals surface area contributed by atoms with E-state index in [1.54, 1.807) is 0 Å². The third-order valence-corrected chi connectivity index (χ3v) is 3.25. The average molecular weight is 253 g/mol. The van der Waals surface area contributed by atoms with Crippen molar-refractivity contribution in [3.8, 4) is 0 Å². The van der Waals surface area contributed by atoms with Gasteiger partial charge in [0.15, 0.2) is 0 Å². The minimum Gasteiger partial charge on any atom is -0.407 e. The summed E-state index contributed by atoms with van der Waals surface area (Å²) in [6.07, 6.45) is 2.55. The first-order valence-electron chi connectivity index (χ1n) is 6.77. The highest BCUT2D eigenvalue weighted by molar-refractivity contribution is 5.25. The Morgan fingerprint density at radius 2 is 2.00 bits per heavy atom. The Morgan fingerprint density at radius 1 is 1.22 bits per heavy atom. The van der Waals surface area contributed by atoms with Gasteiger partial charge in [0, 0.05) is 26.2 Å². The molecule has 6 heteroatoms. The van der Waals surface area contributed by atoms with E-state index < -0.39 is 0 Å². The maximum Gasteiger partial charge on any atom is 0.318 e. The van der Waals surface area contributed by atoms with Crippen LogP contribution in [0.1, 0.15) is 25.7 Å². The molecule has 1 saturated heterocycles. The highest BCUT2D eigenvalue weighted by atomic mass is 16.4. The van der Waals surface area contributed by atoms with Gasteiger partial charge >= 0.3 is 6.01 Å². The van der Waals surface area contributed by atoms with Gasteiger partial charge in [0.1, 0.15) is 0 Å². The van der Waals surface area contributed by atoms with E-state index >= 15 is 0 Å². The fraction of sp³-hybridized carbons (Fsp3) is 0.833. The van der Waals surface area contributed by atoms with E-state index in [0.29, 0.717) is 18.5 Å². The summed E-state index contributed by atoms with van der Waals surface area (Å²) >= 11 is 0.